The maximum absolute atomic E-state index is 12.1. The van der Waals surface area contributed by atoms with E-state index in [-0.39, 0.29) is 13.0 Å². The van der Waals surface area contributed by atoms with Gasteiger partial charge in [0.25, 0.3) is 5.92 Å². The number of alkyl halides is 2. The zero-order valence-electron chi connectivity index (χ0n) is 4.58. The van der Waals surface area contributed by atoms with Gasteiger partial charge in [-0.15, -0.1) is 0 Å². The van der Waals surface area contributed by atoms with Crippen LogP contribution >= 0.6 is 0 Å². The second-order valence-electron chi connectivity index (χ2n) is 2.28. The van der Waals surface area contributed by atoms with Gasteiger partial charge in [-0.25, -0.2) is 8.78 Å². The van der Waals surface area contributed by atoms with Crippen LogP contribution in [0.4, 0.5) is 8.78 Å². The lowest BCUT2D eigenvalue weighted by Crippen LogP contribution is -3.05. The standard InChI is InChI=1S/C5H9F2N/c1-8-3-2-5(6,7)4-8/h8H,1-4H2. The SMILES string of the molecule is [CH2-][NH+]1CCC(F)(F)C1. The van der Waals surface area contributed by atoms with Crippen molar-refractivity contribution in [3.05, 3.63) is 7.05 Å². The average Bonchev–Trinajstić information content (AvgIpc) is 1.82. The van der Waals surface area contributed by atoms with Crippen LogP contribution in [0.3, 0.4) is 0 Å². The van der Waals surface area contributed by atoms with Crippen LogP contribution < -0.4 is 4.90 Å². The van der Waals surface area contributed by atoms with Crippen LogP contribution in [0.15, 0.2) is 0 Å². The fourth-order valence-corrected chi connectivity index (χ4v) is 0.902. The molecule has 1 N–H and O–H groups in total. The Morgan fingerprint density at radius 1 is 1.50 bits per heavy atom. The second-order valence-corrected chi connectivity index (χ2v) is 2.28. The largest absolute Gasteiger partial charge is 0.463 e. The molecule has 0 saturated carbocycles. The smallest absolute Gasteiger partial charge is 0.298 e. The van der Waals surface area contributed by atoms with Crippen LogP contribution in [0.2, 0.25) is 0 Å². The Kier molecular flexibility index (Phi) is 1.23. The summed E-state index contributed by atoms with van der Waals surface area (Å²) in [5.74, 6) is -2.43. The Hall–Kier alpha value is -0.180. The molecule has 1 rings (SSSR count). The summed E-state index contributed by atoms with van der Waals surface area (Å²) >= 11 is 0. The van der Waals surface area contributed by atoms with Crippen LogP contribution in [-0.4, -0.2) is 19.0 Å². The molecule has 0 aromatic heterocycles. The number of nitrogens with one attached hydrogen (secondary N) is 1. The summed E-state index contributed by atoms with van der Waals surface area (Å²) in [6.07, 6.45) is 0.00579. The molecule has 0 aromatic rings. The van der Waals surface area contributed by atoms with E-state index in [1.165, 1.54) is 0 Å². The first kappa shape index (κ1) is 5.95. The minimum absolute atomic E-state index is 0.00579. The topological polar surface area (TPSA) is 4.44 Å². The number of halogens is 2. The number of rotatable bonds is 0. The van der Waals surface area contributed by atoms with E-state index in [0.29, 0.717) is 11.4 Å². The van der Waals surface area contributed by atoms with Gasteiger partial charge in [0.1, 0.15) is 6.54 Å². The van der Waals surface area contributed by atoms with Crippen LogP contribution in [0.1, 0.15) is 6.42 Å². The molecular weight excluding hydrogens is 112 g/mol. The van der Waals surface area contributed by atoms with Crippen molar-refractivity contribution in [2.24, 2.45) is 0 Å². The Bertz CT molecular complexity index is 92.4. The van der Waals surface area contributed by atoms with E-state index in [1.54, 1.807) is 0 Å². The molecule has 1 atom stereocenters. The average molecular weight is 121 g/mol. The van der Waals surface area contributed by atoms with E-state index in [0.717, 1.165) is 0 Å². The summed E-state index contributed by atoms with van der Waals surface area (Å²) in [5.41, 5.74) is 0. The third-order valence-corrected chi connectivity index (χ3v) is 1.35. The molecule has 0 aliphatic carbocycles. The number of likely N-dealkylation sites (tertiary alicyclic amines) is 1. The Balaban J connectivity index is 2.44. The van der Waals surface area contributed by atoms with Crippen molar-refractivity contribution in [1.82, 2.24) is 0 Å². The van der Waals surface area contributed by atoms with Gasteiger partial charge < -0.3 is 4.90 Å². The molecule has 1 unspecified atom stereocenters. The first-order chi connectivity index (χ1) is 3.60. The summed E-state index contributed by atoms with van der Waals surface area (Å²) in [6, 6.07) is 0. The molecule has 1 aliphatic rings. The zero-order valence-corrected chi connectivity index (χ0v) is 4.58. The first-order valence-electron chi connectivity index (χ1n) is 2.65. The fraction of sp³-hybridized carbons (Fsp3) is 0.800. The lowest BCUT2D eigenvalue weighted by Gasteiger charge is -2.11. The minimum atomic E-state index is -2.43. The van der Waals surface area contributed by atoms with Gasteiger partial charge >= 0.3 is 0 Å². The highest BCUT2D eigenvalue weighted by atomic mass is 19.3. The van der Waals surface area contributed by atoms with Gasteiger partial charge in [-0.2, -0.15) is 7.05 Å². The third kappa shape index (κ3) is 1.15. The van der Waals surface area contributed by atoms with Crippen molar-refractivity contribution < 1.29 is 13.7 Å². The molecule has 3 heteroatoms. The van der Waals surface area contributed by atoms with E-state index in [2.05, 4.69) is 7.05 Å². The lowest BCUT2D eigenvalue weighted by atomic mass is 10.3. The normalized spacial score (nSPS) is 35.6. The Morgan fingerprint density at radius 2 is 2.12 bits per heavy atom. The maximum atomic E-state index is 12.1. The highest BCUT2D eigenvalue weighted by Gasteiger charge is 2.37. The van der Waals surface area contributed by atoms with Gasteiger partial charge in [0, 0.05) is 0 Å². The predicted molar refractivity (Wildman–Crippen MR) is 25.6 cm³/mol. The van der Waals surface area contributed by atoms with Gasteiger partial charge in [0.05, 0.1) is 13.0 Å². The fourth-order valence-electron chi connectivity index (χ4n) is 0.902. The Labute approximate surface area is 47.3 Å². The summed E-state index contributed by atoms with van der Waals surface area (Å²) in [4.78, 5) is 0.690. The summed E-state index contributed by atoms with van der Waals surface area (Å²) in [6.45, 7) is 0.417. The van der Waals surface area contributed by atoms with E-state index in [1.807, 2.05) is 0 Å². The highest BCUT2D eigenvalue weighted by Crippen LogP contribution is 2.17. The molecule has 1 heterocycles. The van der Waals surface area contributed by atoms with E-state index < -0.39 is 5.92 Å². The molecule has 1 nitrogen and oxygen atoms in total. The monoisotopic (exact) mass is 121 g/mol. The lowest BCUT2D eigenvalue weighted by molar-refractivity contribution is -0.843. The van der Waals surface area contributed by atoms with Gasteiger partial charge in [0.2, 0.25) is 0 Å². The molecule has 1 saturated heterocycles. The highest BCUT2D eigenvalue weighted by molar-refractivity contribution is 4.68. The van der Waals surface area contributed by atoms with Crippen LogP contribution in [0.25, 0.3) is 0 Å². The van der Waals surface area contributed by atoms with E-state index in [4.69, 9.17) is 0 Å². The molecule has 48 valence electrons. The zero-order chi connectivity index (χ0) is 6.20. The molecule has 0 aromatic carbocycles. The summed E-state index contributed by atoms with van der Waals surface area (Å²) < 4.78 is 24.3. The van der Waals surface area contributed by atoms with Crippen LogP contribution in [-0.2, 0) is 0 Å². The van der Waals surface area contributed by atoms with Crippen molar-refractivity contribution in [3.63, 3.8) is 0 Å². The molecule has 0 radical (unpaired) electrons. The molecule has 0 bridgehead atoms. The molecule has 1 aliphatic heterocycles. The first-order valence-corrected chi connectivity index (χ1v) is 2.65. The summed E-state index contributed by atoms with van der Waals surface area (Å²) in [7, 11) is 3.47. The molecule has 1 fully saturated rings. The maximum Gasteiger partial charge on any atom is 0.298 e. The predicted octanol–water partition coefficient (Wildman–Crippen LogP) is -0.298. The van der Waals surface area contributed by atoms with Gasteiger partial charge in [0.15, 0.2) is 0 Å². The number of quaternary nitrogens is 1. The molecule has 0 spiro atoms. The molecular formula is C5H9F2N. The van der Waals surface area contributed by atoms with Crippen molar-refractivity contribution in [2.45, 2.75) is 12.3 Å². The molecule has 8 heavy (non-hydrogen) atoms. The Morgan fingerprint density at radius 3 is 2.25 bits per heavy atom. The minimum Gasteiger partial charge on any atom is -0.463 e. The van der Waals surface area contributed by atoms with Crippen molar-refractivity contribution in [2.75, 3.05) is 13.1 Å². The number of hydrogen-bond acceptors (Lipinski definition) is 0. The van der Waals surface area contributed by atoms with Gasteiger partial charge in [-0.1, -0.05) is 0 Å². The van der Waals surface area contributed by atoms with Crippen molar-refractivity contribution in [3.8, 4) is 0 Å². The van der Waals surface area contributed by atoms with E-state index >= 15 is 0 Å². The number of hydrogen-bond donors (Lipinski definition) is 1. The van der Waals surface area contributed by atoms with E-state index in [9.17, 15) is 8.78 Å². The van der Waals surface area contributed by atoms with Crippen LogP contribution in [0, 0.1) is 7.05 Å². The molecule has 0 amide bonds. The van der Waals surface area contributed by atoms with Crippen LogP contribution in [0.5, 0.6) is 0 Å². The van der Waals surface area contributed by atoms with Gasteiger partial charge in [-0.05, 0) is 0 Å². The summed E-state index contributed by atoms with van der Waals surface area (Å²) in [5, 5.41) is 0. The van der Waals surface area contributed by atoms with Crippen molar-refractivity contribution >= 4 is 0 Å². The quantitative estimate of drug-likeness (QED) is 0.420. The third-order valence-electron chi connectivity index (χ3n) is 1.35. The second kappa shape index (κ2) is 1.65. The van der Waals surface area contributed by atoms with Crippen molar-refractivity contribution in [1.29, 1.82) is 0 Å². The van der Waals surface area contributed by atoms with Gasteiger partial charge in [-0.3, -0.25) is 0 Å².